The number of aromatic amines is 1. The summed E-state index contributed by atoms with van der Waals surface area (Å²) < 4.78 is 28.6. The minimum Gasteiger partial charge on any atom is -0.365 e. The Morgan fingerprint density at radius 2 is 2.10 bits per heavy atom. The fourth-order valence-corrected chi connectivity index (χ4v) is 4.40. The van der Waals surface area contributed by atoms with Crippen molar-refractivity contribution in [2.45, 2.75) is 13.3 Å². The number of pyridine rings is 1. The number of nitrogens with zero attached hydrogens (tertiary/aromatic N) is 4. The fourth-order valence-electron chi connectivity index (χ4n) is 3.21. The van der Waals surface area contributed by atoms with Crippen LogP contribution in [0.1, 0.15) is 38.0 Å². The molecular weight excluding hydrogens is 452 g/mol. The molecule has 0 aliphatic heterocycles. The predicted octanol–water partition coefficient (Wildman–Crippen LogP) is 3.67. The number of nitrogens with one attached hydrogen (secondary N) is 2. The number of aromatic nitrogens is 5. The van der Waals surface area contributed by atoms with Crippen LogP contribution in [0.4, 0.5) is 14.5 Å². The lowest BCUT2D eigenvalue weighted by Crippen LogP contribution is -2.17. The molecule has 0 spiro atoms. The summed E-state index contributed by atoms with van der Waals surface area (Å²) in [5.74, 6) is -1.53. The number of anilines is 1. The molecule has 31 heavy (non-hydrogen) atoms. The summed E-state index contributed by atoms with van der Waals surface area (Å²) >= 11 is 6.76. The molecule has 0 aliphatic rings. The maximum Gasteiger partial charge on any atom is 0.280 e. The molecule has 9 nitrogen and oxygen atoms in total. The van der Waals surface area contributed by atoms with E-state index in [-0.39, 0.29) is 26.1 Å². The quantitative estimate of drug-likeness (QED) is 0.413. The van der Waals surface area contributed by atoms with E-state index in [1.54, 1.807) is 20.2 Å². The molecule has 4 aromatic heterocycles. The highest BCUT2D eigenvalue weighted by atomic mass is 35.5. The number of carbonyl (C=O) groups is 2. The van der Waals surface area contributed by atoms with Crippen LogP contribution < -0.4 is 11.1 Å². The van der Waals surface area contributed by atoms with E-state index in [2.05, 4.69) is 25.6 Å². The third kappa shape index (κ3) is 3.64. The molecule has 4 heterocycles. The molecule has 160 valence electrons. The highest BCUT2D eigenvalue weighted by Gasteiger charge is 2.27. The summed E-state index contributed by atoms with van der Waals surface area (Å²) in [6, 6.07) is 1.22. The van der Waals surface area contributed by atoms with Crippen LogP contribution in [0.25, 0.3) is 21.3 Å². The number of hydrogen-bond acceptors (Lipinski definition) is 6. The Labute approximate surface area is 182 Å². The standard InChI is InChI=1S/C18H14ClF2N7O2S/c1-6-8(5-28(2)27-6)7-3-10(15(20)21)24-18-11(7)13(14(31-18)16(22)29)25-17(30)12-9(19)4-23-26-12/h3-5,15H,1-2H3,(H2,22,29)(H,23,26)(H,25,30). The molecule has 4 rings (SSSR count). The van der Waals surface area contributed by atoms with Gasteiger partial charge < -0.3 is 11.1 Å². The topological polar surface area (TPSA) is 132 Å². The van der Waals surface area contributed by atoms with Gasteiger partial charge in [0.05, 0.1) is 22.6 Å². The van der Waals surface area contributed by atoms with Crippen LogP contribution in [-0.4, -0.2) is 36.8 Å². The lowest BCUT2D eigenvalue weighted by atomic mass is 10.0. The van der Waals surface area contributed by atoms with Gasteiger partial charge in [0.1, 0.15) is 21.1 Å². The maximum atomic E-state index is 13.5. The van der Waals surface area contributed by atoms with Crippen molar-refractivity contribution in [3.8, 4) is 11.1 Å². The molecule has 0 fully saturated rings. The molecule has 0 atom stereocenters. The fraction of sp³-hybridized carbons (Fsp3) is 0.167. The number of fused-ring (bicyclic) bond motifs is 1. The van der Waals surface area contributed by atoms with E-state index < -0.39 is 23.9 Å². The van der Waals surface area contributed by atoms with Gasteiger partial charge in [0.25, 0.3) is 18.2 Å². The predicted molar refractivity (Wildman–Crippen MR) is 112 cm³/mol. The van der Waals surface area contributed by atoms with Crippen molar-refractivity contribution in [2.24, 2.45) is 12.8 Å². The van der Waals surface area contributed by atoms with Gasteiger partial charge in [-0.15, -0.1) is 11.3 Å². The van der Waals surface area contributed by atoms with Gasteiger partial charge in [-0.3, -0.25) is 19.4 Å². The second-order valence-electron chi connectivity index (χ2n) is 6.59. The van der Waals surface area contributed by atoms with Crippen LogP contribution in [0, 0.1) is 6.92 Å². The average Bonchev–Trinajstić information content (AvgIpc) is 3.38. The van der Waals surface area contributed by atoms with Crippen molar-refractivity contribution < 1.29 is 18.4 Å². The van der Waals surface area contributed by atoms with Crippen molar-refractivity contribution in [1.82, 2.24) is 25.0 Å². The zero-order chi connectivity index (χ0) is 22.4. The van der Waals surface area contributed by atoms with Gasteiger partial charge in [-0.25, -0.2) is 13.8 Å². The van der Waals surface area contributed by atoms with Crippen LogP contribution in [0.2, 0.25) is 5.02 Å². The Kier molecular flexibility index (Phi) is 5.19. The lowest BCUT2D eigenvalue weighted by molar-refractivity contribution is 0.100. The van der Waals surface area contributed by atoms with Crippen LogP contribution in [0.3, 0.4) is 0 Å². The van der Waals surface area contributed by atoms with Gasteiger partial charge in [-0.1, -0.05) is 11.6 Å². The van der Waals surface area contributed by atoms with Gasteiger partial charge in [0.2, 0.25) is 0 Å². The second kappa shape index (κ2) is 7.71. The number of halogens is 3. The molecule has 4 N–H and O–H groups in total. The van der Waals surface area contributed by atoms with Crippen molar-refractivity contribution >= 4 is 50.7 Å². The normalized spacial score (nSPS) is 11.4. The Morgan fingerprint density at radius 3 is 2.65 bits per heavy atom. The number of hydrogen-bond donors (Lipinski definition) is 3. The number of rotatable bonds is 5. The van der Waals surface area contributed by atoms with E-state index in [1.165, 1.54) is 16.9 Å². The Morgan fingerprint density at radius 1 is 1.35 bits per heavy atom. The first kappa shape index (κ1) is 20.9. The second-order valence-corrected chi connectivity index (χ2v) is 8.00. The molecule has 0 saturated carbocycles. The summed E-state index contributed by atoms with van der Waals surface area (Å²) in [5, 5.41) is 13.4. The summed E-state index contributed by atoms with van der Waals surface area (Å²) in [4.78, 5) is 28.9. The molecule has 4 aromatic rings. The van der Waals surface area contributed by atoms with Crippen molar-refractivity contribution in [2.75, 3.05) is 5.32 Å². The molecule has 13 heteroatoms. The van der Waals surface area contributed by atoms with E-state index >= 15 is 0 Å². The summed E-state index contributed by atoms with van der Waals surface area (Å²) in [6.45, 7) is 1.72. The molecule has 0 unspecified atom stereocenters. The minimum absolute atomic E-state index is 0.0345. The maximum absolute atomic E-state index is 13.5. The number of carbonyl (C=O) groups excluding carboxylic acids is 2. The number of aryl methyl sites for hydroxylation is 2. The zero-order valence-electron chi connectivity index (χ0n) is 16.0. The molecule has 0 radical (unpaired) electrons. The molecular formula is C18H14ClF2N7O2S. The van der Waals surface area contributed by atoms with E-state index in [0.29, 0.717) is 22.2 Å². The van der Waals surface area contributed by atoms with Gasteiger partial charge in [0.15, 0.2) is 0 Å². The molecule has 0 aliphatic carbocycles. The summed E-state index contributed by atoms with van der Waals surface area (Å²) in [7, 11) is 1.69. The summed E-state index contributed by atoms with van der Waals surface area (Å²) in [5.41, 5.74) is 6.49. The smallest absolute Gasteiger partial charge is 0.280 e. The lowest BCUT2D eigenvalue weighted by Gasteiger charge is -2.10. The van der Waals surface area contributed by atoms with Crippen molar-refractivity contribution in [3.05, 3.63) is 45.4 Å². The number of nitrogens with two attached hydrogens (primary N) is 1. The van der Waals surface area contributed by atoms with Crippen LogP contribution >= 0.6 is 22.9 Å². The first-order valence-electron chi connectivity index (χ1n) is 8.73. The van der Waals surface area contributed by atoms with E-state index in [4.69, 9.17) is 17.3 Å². The number of alkyl halides is 2. The third-order valence-corrected chi connectivity index (χ3v) is 5.88. The van der Waals surface area contributed by atoms with Gasteiger partial charge >= 0.3 is 0 Å². The Hall–Kier alpha value is -3.38. The third-order valence-electron chi connectivity index (χ3n) is 4.49. The largest absolute Gasteiger partial charge is 0.365 e. The van der Waals surface area contributed by atoms with Gasteiger partial charge in [-0.05, 0) is 18.6 Å². The Bertz CT molecular complexity index is 1340. The molecule has 0 saturated heterocycles. The number of amides is 2. The first-order valence-corrected chi connectivity index (χ1v) is 9.93. The molecule has 0 bridgehead atoms. The average molecular weight is 466 g/mol. The summed E-state index contributed by atoms with van der Waals surface area (Å²) in [6.07, 6.45) is 0.0530. The van der Waals surface area contributed by atoms with Gasteiger partial charge in [0, 0.05) is 24.2 Å². The first-order chi connectivity index (χ1) is 14.7. The molecule has 2 amide bonds. The number of thiophene rings is 1. The minimum atomic E-state index is -2.85. The van der Waals surface area contributed by atoms with Gasteiger partial charge in [-0.2, -0.15) is 10.2 Å². The van der Waals surface area contributed by atoms with Crippen LogP contribution in [0.15, 0.2) is 18.5 Å². The zero-order valence-corrected chi connectivity index (χ0v) is 17.6. The van der Waals surface area contributed by atoms with E-state index in [0.717, 1.165) is 11.3 Å². The SMILES string of the molecule is Cc1nn(C)cc1-c1cc(C(F)F)nc2sc(C(N)=O)c(NC(=O)c3[nH]ncc3Cl)c12. The monoisotopic (exact) mass is 465 g/mol. The molecule has 0 aromatic carbocycles. The van der Waals surface area contributed by atoms with Crippen molar-refractivity contribution in [1.29, 1.82) is 0 Å². The highest BCUT2D eigenvalue weighted by molar-refractivity contribution is 7.21. The number of H-pyrrole nitrogens is 1. The van der Waals surface area contributed by atoms with E-state index in [9.17, 15) is 18.4 Å². The van der Waals surface area contributed by atoms with Crippen molar-refractivity contribution in [3.63, 3.8) is 0 Å². The van der Waals surface area contributed by atoms with E-state index in [1.807, 2.05) is 0 Å². The Balaban J connectivity index is 2.01. The highest BCUT2D eigenvalue weighted by Crippen LogP contribution is 2.43. The van der Waals surface area contributed by atoms with Crippen LogP contribution in [0.5, 0.6) is 0 Å². The number of primary amides is 1. The van der Waals surface area contributed by atoms with Crippen LogP contribution in [-0.2, 0) is 7.05 Å².